The molecule has 0 saturated heterocycles. The van der Waals surface area contributed by atoms with Crippen LogP contribution >= 0.6 is 11.6 Å². The van der Waals surface area contributed by atoms with Gasteiger partial charge in [0.15, 0.2) is 11.5 Å². The molecule has 1 heterocycles. The van der Waals surface area contributed by atoms with Gasteiger partial charge in [0, 0.05) is 6.07 Å². The quantitative estimate of drug-likeness (QED) is 0.531. The zero-order valence-electron chi connectivity index (χ0n) is 6.77. The van der Waals surface area contributed by atoms with Gasteiger partial charge in [-0.25, -0.2) is 0 Å². The molecule has 2 rings (SSSR count). The third-order valence-electron chi connectivity index (χ3n) is 1.66. The Hall–Kier alpha value is -1.75. The number of ether oxygens (including phenoxy) is 2. The van der Waals surface area contributed by atoms with Gasteiger partial charge in [-0.1, -0.05) is 11.6 Å². The molecule has 1 aliphatic rings. The average molecular weight is 214 g/mol. The SMILES string of the molecule is O=[N+]([O-])c1cc2c(cc1Cl)OC=CO2. The lowest BCUT2D eigenvalue weighted by atomic mass is 10.2. The molecule has 0 spiro atoms. The summed E-state index contributed by atoms with van der Waals surface area (Å²) in [5, 5.41) is 10.5. The predicted octanol–water partition coefficient (Wildman–Crippen LogP) is 2.49. The monoisotopic (exact) mass is 213 g/mol. The summed E-state index contributed by atoms with van der Waals surface area (Å²) in [6.45, 7) is 0. The van der Waals surface area contributed by atoms with Crippen LogP contribution in [0.1, 0.15) is 0 Å². The zero-order chi connectivity index (χ0) is 10.1. The number of halogens is 1. The Bertz CT molecular complexity index is 430. The highest BCUT2D eigenvalue weighted by molar-refractivity contribution is 6.32. The molecule has 0 atom stereocenters. The van der Waals surface area contributed by atoms with E-state index in [4.69, 9.17) is 21.1 Å². The summed E-state index contributed by atoms with van der Waals surface area (Å²) in [6.07, 6.45) is 2.62. The maximum atomic E-state index is 10.5. The fourth-order valence-electron chi connectivity index (χ4n) is 1.05. The number of rotatable bonds is 1. The maximum absolute atomic E-state index is 10.5. The molecule has 1 aromatic rings. The summed E-state index contributed by atoms with van der Waals surface area (Å²) in [7, 11) is 0. The van der Waals surface area contributed by atoms with Crippen LogP contribution in [-0.4, -0.2) is 4.92 Å². The van der Waals surface area contributed by atoms with Crippen molar-refractivity contribution in [2.75, 3.05) is 0 Å². The maximum Gasteiger partial charge on any atom is 0.291 e. The summed E-state index contributed by atoms with van der Waals surface area (Å²) in [5.41, 5.74) is -0.204. The minimum absolute atomic E-state index is 0.0210. The van der Waals surface area contributed by atoms with Crippen LogP contribution in [0.4, 0.5) is 5.69 Å². The molecule has 5 nitrogen and oxygen atoms in total. The number of nitro groups is 1. The first-order chi connectivity index (χ1) is 6.68. The molecule has 1 aliphatic heterocycles. The number of fused-ring (bicyclic) bond motifs is 1. The largest absolute Gasteiger partial charge is 0.458 e. The Balaban J connectivity index is 2.53. The molecule has 0 N–H and O–H groups in total. The van der Waals surface area contributed by atoms with Gasteiger partial charge in [-0.2, -0.15) is 0 Å². The van der Waals surface area contributed by atoms with Crippen molar-refractivity contribution in [3.63, 3.8) is 0 Å². The zero-order valence-corrected chi connectivity index (χ0v) is 7.52. The van der Waals surface area contributed by atoms with Gasteiger partial charge < -0.3 is 9.47 Å². The third kappa shape index (κ3) is 1.38. The Morgan fingerprint density at radius 1 is 1.21 bits per heavy atom. The first-order valence-corrected chi connectivity index (χ1v) is 4.02. The lowest BCUT2D eigenvalue weighted by molar-refractivity contribution is -0.384. The van der Waals surface area contributed by atoms with Crippen LogP contribution in [0.2, 0.25) is 5.02 Å². The highest BCUT2D eigenvalue weighted by atomic mass is 35.5. The molecule has 0 unspecified atom stereocenters. The van der Waals surface area contributed by atoms with Crippen LogP contribution in [0.5, 0.6) is 11.5 Å². The smallest absolute Gasteiger partial charge is 0.291 e. The molecule has 0 radical (unpaired) electrons. The predicted molar refractivity (Wildman–Crippen MR) is 48.5 cm³/mol. The first kappa shape index (κ1) is 8.83. The molecular formula is C8H4ClNO4. The fraction of sp³-hybridized carbons (Fsp3) is 0. The van der Waals surface area contributed by atoms with Crippen molar-refractivity contribution < 1.29 is 14.4 Å². The van der Waals surface area contributed by atoms with E-state index in [1.54, 1.807) is 0 Å². The number of nitrogens with zero attached hydrogens (tertiary/aromatic N) is 1. The summed E-state index contributed by atoms with van der Waals surface area (Å²) in [6, 6.07) is 2.57. The molecule has 0 aromatic heterocycles. The second-order valence-electron chi connectivity index (χ2n) is 2.52. The van der Waals surface area contributed by atoms with E-state index in [9.17, 15) is 10.1 Å². The molecule has 6 heteroatoms. The molecule has 0 saturated carbocycles. The van der Waals surface area contributed by atoms with Crippen molar-refractivity contribution in [3.05, 3.63) is 39.8 Å². The summed E-state index contributed by atoms with van der Waals surface area (Å²) in [4.78, 5) is 9.94. The van der Waals surface area contributed by atoms with Crippen LogP contribution in [0.25, 0.3) is 0 Å². The van der Waals surface area contributed by atoms with Gasteiger partial charge in [0.25, 0.3) is 5.69 Å². The molecule has 0 bridgehead atoms. The van der Waals surface area contributed by atoms with E-state index < -0.39 is 4.92 Å². The van der Waals surface area contributed by atoms with Crippen molar-refractivity contribution >= 4 is 17.3 Å². The van der Waals surface area contributed by atoms with E-state index in [2.05, 4.69) is 0 Å². The van der Waals surface area contributed by atoms with Crippen LogP contribution in [-0.2, 0) is 0 Å². The van der Waals surface area contributed by atoms with Gasteiger partial charge in [0.2, 0.25) is 0 Å². The number of nitro benzene ring substituents is 1. The van der Waals surface area contributed by atoms with Crippen molar-refractivity contribution in [3.8, 4) is 11.5 Å². The molecular weight excluding hydrogens is 210 g/mol. The molecule has 0 aliphatic carbocycles. The van der Waals surface area contributed by atoms with Crippen molar-refractivity contribution in [1.29, 1.82) is 0 Å². The highest BCUT2D eigenvalue weighted by Gasteiger charge is 2.19. The topological polar surface area (TPSA) is 61.6 Å². The summed E-state index contributed by atoms with van der Waals surface area (Å²) < 4.78 is 10.0. The van der Waals surface area contributed by atoms with Crippen molar-refractivity contribution in [2.45, 2.75) is 0 Å². The molecule has 0 amide bonds. The molecule has 1 aromatic carbocycles. The Labute approximate surface area is 83.6 Å². The van der Waals surface area contributed by atoms with Crippen LogP contribution in [0, 0.1) is 10.1 Å². The first-order valence-electron chi connectivity index (χ1n) is 3.65. The average Bonchev–Trinajstić information content (AvgIpc) is 2.16. The lowest BCUT2D eigenvalue weighted by Gasteiger charge is -2.11. The van der Waals surface area contributed by atoms with Gasteiger partial charge in [-0.15, -0.1) is 0 Å². The van der Waals surface area contributed by atoms with Gasteiger partial charge in [0.05, 0.1) is 11.0 Å². The van der Waals surface area contributed by atoms with Crippen LogP contribution in [0.3, 0.4) is 0 Å². The van der Waals surface area contributed by atoms with Gasteiger partial charge >= 0.3 is 0 Å². The molecule has 0 fully saturated rings. The van der Waals surface area contributed by atoms with Crippen molar-refractivity contribution in [2.24, 2.45) is 0 Å². The number of benzene rings is 1. The minimum atomic E-state index is -0.579. The van der Waals surface area contributed by atoms with E-state index >= 15 is 0 Å². The third-order valence-corrected chi connectivity index (χ3v) is 1.96. The van der Waals surface area contributed by atoms with E-state index in [-0.39, 0.29) is 16.5 Å². The Morgan fingerprint density at radius 3 is 2.36 bits per heavy atom. The number of hydrogen-bond acceptors (Lipinski definition) is 4. The second kappa shape index (κ2) is 3.19. The standard InChI is InChI=1S/C8H4ClNO4/c9-5-3-7-8(14-2-1-13-7)4-6(5)10(11)12/h1-4H. The summed E-state index contributed by atoms with van der Waals surface area (Å²) >= 11 is 5.65. The fourth-order valence-corrected chi connectivity index (χ4v) is 1.27. The normalized spacial score (nSPS) is 12.6. The van der Waals surface area contributed by atoms with Crippen LogP contribution < -0.4 is 9.47 Å². The Morgan fingerprint density at radius 2 is 1.79 bits per heavy atom. The second-order valence-corrected chi connectivity index (χ2v) is 2.92. The van der Waals surface area contributed by atoms with E-state index in [1.807, 2.05) is 0 Å². The van der Waals surface area contributed by atoms with Gasteiger partial charge in [0.1, 0.15) is 17.5 Å². The lowest BCUT2D eigenvalue weighted by Crippen LogP contribution is -1.98. The van der Waals surface area contributed by atoms with Crippen molar-refractivity contribution in [1.82, 2.24) is 0 Å². The van der Waals surface area contributed by atoms with E-state index in [0.717, 1.165) is 0 Å². The molecule has 72 valence electrons. The van der Waals surface area contributed by atoms with Gasteiger partial charge in [-0.3, -0.25) is 10.1 Å². The molecule has 14 heavy (non-hydrogen) atoms. The van der Waals surface area contributed by atoms with E-state index in [0.29, 0.717) is 5.75 Å². The van der Waals surface area contributed by atoms with Gasteiger partial charge in [-0.05, 0) is 0 Å². The number of hydrogen-bond donors (Lipinski definition) is 0. The van der Waals surface area contributed by atoms with Crippen LogP contribution in [0.15, 0.2) is 24.7 Å². The highest BCUT2D eigenvalue weighted by Crippen LogP contribution is 2.38. The van der Waals surface area contributed by atoms with E-state index in [1.165, 1.54) is 24.7 Å². The summed E-state index contributed by atoms with van der Waals surface area (Å²) in [5.74, 6) is 0.645. The minimum Gasteiger partial charge on any atom is -0.458 e. The Kier molecular flexibility index (Phi) is 2.01.